The predicted molar refractivity (Wildman–Crippen MR) is 117 cm³/mol. The standard InChI is InChI=1S/C23H23N5O3/c1-13(2)28-19-9-6-15(10-18(19)24-23(28)30)21-25-22(31-26-21)16-11-20(29)27(12-16)17-7-4-14(3)5-8-17/h4-10,13,16H,11-12H2,1-3H3,(H,24,30)/t16-/m0/s1. The lowest BCUT2D eigenvalue weighted by Crippen LogP contribution is -2.24. The summed E-state index contributed by atoms with van der Waals surface area (Å²) >= 11 is 0. The van der Waals surface area contributed by atoms with Gasteiger partial charge in [-0.25, -0.2) is 4.79 Å². The average Bonchev–Trinajstić information content (AvgIpc) is 3.44. The van der Waals surface area contributed by atoms with E-state index in [1.165, 1.54) is 0 Å². The topological polar surface area (TPSA) is 97.0 Å². The monoisotopic (exact) mass is 417 g/mol. The van der Waals surface area contributed by atoms with Crippen LogP contribution in [0.25, 0.3) is 22.4 Å². The van der Waals surface area contributed by atoms with Crippen molar-refractivity contribution in [2.24, 2.45) is 0 Å². The Morgan fingerprint density at radius 1 is 1.13 bits per heavy atom. The number of hydrogen-bond acceptors (Lipinski definition) is 5. The van der Waals surface area contributed by atoms with Crippen LogP contribution in [-0.2, 0) is 4.79 Å². The SMILES string of the molecule is Cc1ccc(N2C[C@@H](c3nc(-c4ccc5c(c4)[nH]c(=O)n5C(C)C)no3)CC2=O)cc1. The van der Waals surface area contributed by atoms with Gasteiger partial charge in [0.1, 0.15) is 0 Å². The van der Waals surface area contributed by atoms with Gasteiger partial charge in [-0.15, -0.1) is 0 Å². The average molecular weight is 417 g/mol. The van der Waals surface area contributed by atoms with Crippen molar-refractivity contribution in [3.8, 4) is 11.4 Å². The van der Waals surface area contributed by atoms with Gasteiger partial charge >= 0.3 is 5.69 Å². The fourth-order valence-corrected chi connectivity index (χ4v) is 4.15. The third kappa shape index (κ3) is 3.34. The lowest BCUT2D eigenvalue weighted by Gasteiger charge is -2.16. The van der Waals surface area contributed by atoms with Crippen molar-refractivity contribution in [1.29, 1.82) is 0 Å². The number of carbonyl (C=O) groups excluding carboxylic acids is 1. The molecule has 31 heavy (non-hydrogen) atoms. The molecule has 1 N–H and O–H groups in total. The van der Waals surface area contributed by atoms with Crippen molar-refractivity contribution >= 4 is 22.6 Å². The van der Waals surface area contributed by atoms with Crippen LogP contribution < -0.4 is 10.6 Å². The first-order valence-corrected chi connectivity index (χ1v) is 10.4. The summed E-state index contributed by atoms with van der Waals surface area (Å²) in [7, 11) is 0. The Hall–Kier alpha value is -3.68. The van der Waals surface area contributed by atoms with E-state index < -0.39 is 0 Å². The number of aromatic amines is 1. The van der Waals surface area contributed by atoms with E-state index in [9.17, 15) is 9.59 Å². The molecule has 8 nitrogen and oxygen atoms in total. The highest BCUT2D eigenvalue weighted by Crippen LogP contribution is 2.32. The van der Waals surface area contributed by atoms with Gasteiger partial charge in [-0.2, -0.15) is 4.98 Å². The van der Waals surface area contributed by atoms with E-state index in [4.69, 9.17) is 4.52 Å². The molecule has 2 aromatic carbocycles. The molecule has 5 rings (SSSR count). The zero-order valence-corrected chi connectivity index (χ0v) is 17.6. The molecule has 1 saturated heterocycles. The molecule has 8 heteroatoms. The Labute approximate surface area is 178 Å². The first-order chi connectivity index (χ1) is 14.9. The van der Waals surface area contributed by atoms with Crippen LogP contribution in [0.2, 0.25) is 0 Å². The van der Waals surface area contributed by atoms with Crippen LogP contribution in [0.15, 0.2) is 51.8 Å². The van der Waals surface area contributed by atoms with Crippen molar-refractivity contribution in [2.45, 2.75) is 39.2 Å². The lowest BCUT2D eigenvalue weighted by atomic mass is 10.1. The number of benzene rings is 2. The molecular weight excluding hydrogens is 394 g/mol. The Bertz CT molecular complexity index is 1330. The van der Waals surface area contributed by atoms with Crippen LogP contribution in [0.3, 0.4) is 0 Å². The molecule has 0 bridgehead atoms. The van der Waals surface area contributed by atoms with Crippen LogP contribution >= 0.6 is 0 Å². The number of aromatic nitrogens is 4. The summed E-state index contributed by atoms with van der Waals surface area (Å²) in [5, 5.41) is 4.12. The van der Waals surface area contributed by atoms with E-state index in [0.29, 0.717) is 24.7 Å². The molecule has 0 saturated carbocycles. The second-order valence-electron chi connectivity index (χ2n) is 8.32. The largest absolute Gasteiger partial charge is 0.339 e. The molecule has 1 aliphatic rings. The fourth-order valence-electron chi connectivity index (χ4n) is 4.15. The number of carbonyl (C=O) groups is 1. The van der Waals surface area contributed by atoms with Crippen molar-refractivity contribution in [1.82, 2.24) is 19.7 Å². The maximum atomic E-state index is 12.6. The smallest absolute Gasteiger partial charge is 0.326 e. The number of fused-ring (bicyclic) bond motifs is 1. The molecule has 0 aliphatic carbocycles. The van der Waals surface area contributed by atoms with E-state index >= 15 is 0 Å². The highest BCUT2D eigenvalue weighted by molar-refractivity contribution is 5.96. The first kappa shape index (κ1) is 19.3. The number of hydrogen-bond donors (Lipinski definition) is 1. The summed E-state index contributed by atoms with van der Waals surface area (Å²) in [6.07, 6.45) is 0.332. The van der Waals surface area contributed by atoms with Gasteiger partial charge in [-0.1, -0.05) is 22.9 Å². The van der Waals surface area contributed by atoms with Crippen molar-refractivity contribution in [3.63, 3.8) is 0 Å². The molecule has 0 radical (unpaired) electrons. The molecule has 1 amide bonds. The molecule has 1 fully saturated rings. The molecule has 0 spiro atoms. The maximum absolute atomic E-state index is 12.6. The minimum absolute atomic E-state index is 0.0441. The maximum Gasteiger partial charge on any atom is 0.326 e. The zero-order valence-electron chi connectivity index (χ0n) is 17.6. The minimum atomic E-state index is -0.152. The van der Waals surface area contributed by atoms with Crippen molar-refractivity contribution in [3.05, 3.63) is 64.4 Å². The van der Waals surface area contributed by atoms with E-state index in [1.807, 2.05) is 63.2 Å². The van der Waals surface area contributed by atoms with Crippen molar-refractivity contribution < 1.29 is 9.32 Å². The highest BCUT2D eigenvalue weighted by Gasteiger charge is 2.35. The number of H-pyrrole nitrogens is 1. The fraction of sp³-hybridized carbons (Fsp3) is 0.304. The van der Waals surface area contributed by atoms with Gasteiger partial charge in [0.2, 0.25) is 17.6 Å². The van der Waals surface area contributed by atoms with Gasteiger partial charge in [0.15, 0.2) is 0 Å². The molecule has 1 aliphatic heterocycles. The second-order valence-corrected chi connectivity index (χ2v) is 8.32. The van der Waals surface area contributed by atoms with Crippen LogP contribution in [0.5, 0.6) is 0 Å². The predicted octanol–water partition coefficient (Wildman–Crippen LogP) is 3.79. The lowest BCUT2D eigenvalue weighted by molar-refractivity contribution is -0.117. The summed E-state index contributed by atoms with van der Waals surface area (Å²) in [5.74, 6) is 0.783. The molecule has 3 heterocycles. The molecule has 2 aromatic heterocycles. The Morgan fingerprint density at radius 2 is 1.90 bits per heavy atom. The Balaban J connectivity index is 1.41. The number of anilines is 1. The summed E-state index contributed by atoms with van der Waals surface area (Å²) < 4.78 is 7.23. The summed E-state index contributed by atoms with van der Waals surface area (Å²) in [5.41, 5.74) is 4.19. The summed E-state index contributed by atoms with van der Waals surface area (Å²) in [6.45, 7) is 6.46. The Morgan fingerprint density at radius 3 is 2.65 bits per heavy atom. The van der Waals surface area contributed by atoms with Crippen LogP contribution in [0, 0.1) is 6.92 Å². The number of rotatable bonds is 4. The van der Waals surface area contributed by atoms with Crippen molar-refractivity contribution in [2.75, 3.05) is 11.4 Å². The first-order valence-electron chi connectivity index (χ1n) is 10.4. The normalized spacial score (nSPS) is 16.7. The highest BCUT2D eigenvalue weighted by atomic mass is 16.5. The van der Waals surface area contributed by atoms with Crippen LogP contribution in [-0.4, -0.2) is 32.1 Å². The number of nitrogens with one attached hydrogen (secondary N) is 1. The van der Waals surface area contributed by atoms with E-state index in [-0.39, 0.29) is 23.6 Å². The van der Waals surface area contributed by atoms with Gasteiger partial charge in [-0.3, -0.25) is 9.36 Å². The Kier molecular flexibility index (Phi) is 4.50. The van der Waals surface area contributed by atoms with Crippen LogP contribution in [0.4, 0.5) is 5.69 Å². The van der Waals surface area contributed by atoms with E-state index in [2.05, 4.69) is 15.1 Å². The number of imidazole rings is 1. The van der Waals surface area contributed by atoms with Gasteiger partial charge in [0.25, 0.3) is 0 Å². The molecule has 1 atom stereocenters. The van der Waals surface area contributed by atoms with Gasteiger partial charge in [0, 0.05) is 30.3 Å². The molecule has 4 aromatic rings. The third-order valence-corrected chi connectivity index (χ3v) is 5.75. The van der Waals surface area contributed by atoms with Gasteiger partial charge in [-0.05, 0) is 51.1 Å². The quantitative estimate of drug-likeness (QED) is 0.545. The van der Waals surface area contributed by atoms with E-state index in [1.54, 1.807) is 9.47 Å². The van der Waals surface area contributed by atoms with Crippen LogP contribution in [0.1, 0.15) is 43.7 Å². The summed E-state index contributed by atoms with van der Waals surface area (Å²) in [4.78, 5) is 34.0. The number of aryl methyl sites for hydroxylation is 1. The molecule has 0 unspecified atom stereocenters. The van der Waals surface area contributed by atoms with E-state index in [0.717, 1.165) is 27.8 Å². The zero-order chi connectivity index (χ0) is 21.7. The summed E-state index contributed by atoms with van der Waals surface area (Å²) in [6, 6.07) is 13.6. The number of nitrogens with zero attached hydrogens (tertiary/aromatic N) is 4. The van der Waals surface area contributed by atoms with Gasteiger partial charge in [0.05, 0.1) is 17.0 Å². The third-order valence-electron chi connectivity index (χ3n) is 5.75. The minimum Gasteiger partial charge on any atom is -0.339 e. The number of amides is 1. The van der Waals surface area contributed by atoms with Gasteiger partial charge < -0.3 is 14.4 Å². The second kappa shape index (κ2) is 7.23. The molecular formula is C23H23N5O3. The molecule has 158 valence electrons.